The third-order valence-electron chi connectivity index (χ3n) is 7.06. The molecule has 0 N–H and O–H groups in total. The highest BCUT2D eigenvalue weighted by Crippen LogP contribution is 2.34. The molecule has 2 aliphatic rings. The molecule has 39 heavy (non-hydrogen) atoms. The van der Waals surface area contributed by atoms with Gasteiger partial charge in [-0.2, -0.15) is 18.4 Å². The molecule has 0 bridgehead atoms. The molecule has 1 fully saturated rings. The normalized spacial score (nSPS) is 18.0. The zero-order valence-electron chi connectivity index (χ0n) is 20.9. The van der Waals surface area contributed by atoms with Gasteiger partial charge in [-0.15, -0.1) is 11.3 Å². The first-order valence-electron chi connectivity index (χ1n) is 12.4. The van der Waals surface area contributed by atoms with E-state index in [9.17, 15) is 22.8 Å². The van der Waals surface area contributed by atoms with Crippen LogP contribution in [0.15, 0.2) is 51.9 Å². The van der Waals surface area contributed by atoms with E-state index in [1.165, 1.54) is 22.3 Å². The molecule has 1 unspecified atom stereocenters. The number of oxime groups is 1. The molecule has 1 aromatic carbocycles. The number of benzene rings is 1. The quantitative estimate of drug-likeness (QED) is 0.451. The van der Waals surface area contributed by atoms with E-state index in [1.54, 1.807) is 0 Å². The molecule has 4 heterocycles. The number of aromatic nitrogens is 2. The van der Waals surface area contributed by atoms with Gasteiger partial charge < -0.3 is 14.3 Å². The number of halogens is 3. The van der Waals surface area contributed by atoms with Crippen LogP contribution in [0.4, 0.5) is 13.2 Å². The first-order chi connectivity index (χ1) is 18.6. The summed E-state index contributed by atoms with van der Waals surface area (Å²) in [6.45, 7) is 2.24. The van der Waals surface area contributed by atoms with Crippen molar-refractivity contribution in [2.45, 2.75) is 50.9 Å². The van der Waals surface area contributed by atoms with Crippen molar-refractivity contribution in [2.75, 3.05) is 13.1 Å². The van der Waals surface area contributed by atoms with E-state index >= 15 is 0 Å². The lowest BCUT2D eigenvalue weighted by Crippen LogP contribution is -2.41. The zero-order chi connectivity index (χ0) is 27.7. The second-order valence-corrected chi connectivity index (χ2v) is 10.5. The van der Waals surface area contributed by atoms with E-state index in [0.717, 1.165) is 27.5 Å². The van der Waals surface area contributed by atoms with Crippen molar-refractivity contribution in [1.82, 2.24) is 14.5 Å². The predicted octanol–water partition coefficient (Wildman–Crippen LogP) is 4.78. The summed E-state index contributed by atoms with van der Waals surface area (Å²) in [6.07, 6.45) is -2.41. The Morgan fingerprint density at radius 3 is 2.69 bits per heavy atom. The fourth-order valence-corrected chi connectivity index (χ4v) is 5.86. The Balaban J connectivity index is 1.20. The highest BCUT2D eigenvalue weighted by Gasteiger charge is 2.33. The Morgan fingerprint density at radius 1 is 1.26 bits per heavy atom. The Hall–Kier alpha value is -3.98. The molecule has 0 spiro atoms. The van der Waals surface area contributed by atoms with Gasteiger partial charge in [-0.3, -0.25) is 9.59 Å². The lowest BCUT2D eigenvalue weighted by atomic mass is 9.97. The lowest BCUT2D eigenvalue weighted by Gasteiger charge is -2.31. The van der Waals surface area contributed by atoms with Crippen LogP contribution in [0.2, 0.25) is 0 Å². The van der Waals surface area contributed by atoms with Crippen molar-refractivity contribution in [3.8, 4) is 6.07 Å². The molecule has 8 nitrogen and oxygen atoms in total. The lowest BCUT2D eigenvalue weighted by molar-refractivity contribution is -0.139. The molecule has 2 aliphatic heterocycles. The number of aryl methyl sites for hydroxylation is 1. The van der Waals surface area contributed by atoms with Gasteiger partial charge >= 0.3 is 6.18 Å². The molecular weight excluding hydrogens is 531 g/mol. The zero-order valence-corrected chi connectivity index (χ0v) is 21.8. The number of amides is 1. The fourth-order valence-electron chi connectivity index (χ4n) is 4.86. The minimum atomic E-state index is -4.74. The maximum atomic E-state index is 13.2. The van der Waals surface area contributed by atoms with E-state index in [1.807, 2.05) is 36.6 Å². The number of thiazole rings is 1. The van der Waals surface area contributed by atoms with Gasteiger partial charge in [0.1, 0.15) is 23.9 Å². The number of hydrogen-bond acceptors (Lipinski definition) is 7. The second-order valence-electron chi connectivity index (χ2n) is 9.60. The Bertz CT molecular complexity index is 1530. The summed E-state index contributed by atoms with van der Waals surface area (Å²) in [4.78, 5) is 37.2. The monoisotopic (exact) mass is 555 g/mol. The van der Waals surface area contributed by atoms with Gasteiger partial charge in [0.2, 0.25) is 5.91 Å². The van der Waals surface area contributed by atoms with Gasteiger partial charge in [-0.25, -0.2) is 4.98 Å². The molecule has 0 aliphatic carbocycles. The second kappa shape index (κ2) is 10.6. The first kappa shape index (κ1) is 26.6. The van der Waals surface area contributed by atoms with Crippen molar-refractivity contribution in [2.24, 2.45) is 5.16 Å². The Kier molecular flexibility index (Phi) is 7.27. The maximum absolute atomic E-state index is 13.2. The summed E-state index contributed by atoms with van der Waals surface area (Å²) in [5, 5.41) is 16.2. The van der Waals surface area contributed by atoms with Crippen LogP contribution in [0.3, 0.4) is 0 Å². The molecule has 2 aromatic heterocycles. The Labute approximate surface area is 226 Å². The number of nitriles is 1. The molecule has 3 aromatic rings. The van der Waals surface area contributed by atoms with E-state index in [2.05, 4.69) is 5.16 Å². The van der Waals surface area contributed by atoms with Crippen LogP contribution in [0.25, 0.3) is 0 Å². The number of likely N-dealkylation sites (tertiary alicyclic amines) is 1. The number of pyridine rings is 1. The summed E-state index contributed by atoms with van der Waals surface area (Å²) >= 11 is 1.53. The van der Waals surface area contributed by atoms with Crippen LogP contribution in [0, 0.1) is 18.3 Å². The standard InChI is InChI=1S/C27H24F3N5O3S/c1-16-4-2-3-5-20(16)23-11-21(33-38-23)22-15-39-25(32-22)17-6-8-34(9-7-17)24(36)14-35-13-19(27(28,29)30)10-18(12-31)26(35)37/h2-5,10,13,15,17,23H,6-9,11,14H2,1H3. The molecule has 202 valence electrons. The highest BCUT2D eigenvalue weighted by atomic mass is 32.1. The first-order valence-corrected chi connectivity index (χ1v) is 13.3. The molecular formula is C27H24F3N5O3S. The number of rotatable bonds is 5. The van der Waals surface area contributed by atoms with Gasteiger partial charge in [0.15, 0.2) is 6.10 Å². The van der Waals surface area contributed by atoms with Gasteiger partial charge in [-0.05, 0) is 37.0 Å². The van der Waals surface area contributed by atoms with Gasteiger partial charge in [-0.1, -0.05) is 29.4 Å². The minimum absolute atomic E-state index is 0.129. The van der Waals surface area contributed by atoms with Crippen molar-refractivity contribution < 1.29 is 22.8 Å². The molecule has 0 saturated carbocycles. The Morgan fingerprint density at radius 2 is 2.00 bits per heavy atom. The van der Waals surface area contributed by atoms with E-state index in [4.69, 9.17) is 15.1 Å². The summed E-state index contributed by atoms with van der Waals surface area (Å²) in [6, 6.07) is 10.0. The van der Waals surface area contributed by atoms with Crippen molar-refractivity contribution in [1.29, 1.82) is 5.26 Å². The number of nitrogens with zero attached hydrogens (tertiary/aromatic N) is 5. The molecule has 1 atom stereocenters. The summed E-state index contributed by atoms with van der Waals surface area (Å²) in [7, 11) is 0. The van der Waals surface area contributed by atoms with Crippen molar-refractivity contribution in [3.63, 3.8) is 0 Å². The van der Waals surface area contributed by atoms with Crippen LogP contribution in [-0.4, -0.2) is 39.2 Å². The number of carbonyl (C=O) groups is 1. The van der Waals surface area contributed by atoms with E-state index in [0.29, 0.717) is 49.2 Å². The summed E-state index contributed by atoms with van der Waals surface area (Å²) in [5.41, 5.74) is 1.09. The fraction of sp³-hybridized carbons (Fsp3) is 0.370. The van der Waals surface area contributed by atoms with Crippen LogP contribution >= 0.6 is 11.3 Å². The van der Waals surface area contributed by atoms with Crippen molar-refractivity contribution >= 4 is 23.0 Å². The molecule has 0 radical (unpaired) electrons. The molecule has 1 saturated heterocycles. The number of carbonyl (C=O) groups excluding carboxylic acids is 1. The van der Waals surface area contributed by atoms with Gasteiger partial charge in [0.25, 0.3) is 5.56 Å². The summed E-state index contributed by atoms with van der Waals surface area (Å²) in [5.74, 6) is -0.345. The van der Waals surface area contributed by atoms with E-state index in [-0.39, 0.29) is 12.0 Å². The number of hydrogen-bond donors (Lipinski definition) is 0. The average molecular weight is 556 g/mol. The predicted molar refractivity (Wildman–Crippen MR) is 137 cm³/mol. The van der Waals surface area contributed by atoms with Crippen molar-refractivity contribution in [3.05, 3.63) is 85.2 Å². The van der Waals surface area contributed by atoms with Crippen LogP contribution in [-0.2, 0) is 22.4 Å². The number of piperidine rings is 1. The van der Waals surface area contributed by atoms with Crippen LogP contribution in [0.5, 0.6) is 0 Å². The van der Waals surface area contributed by atoms with Gasteiger partial charge in [0, 0.05) is 37.0 Å². The third kappa shape index (κ3) is 5.59. The number of alkyl halides is 3. The molecule has 5 rings (SSSR count). The average Bonchev–Trinajstić information content (AvgIpc) is 3.60. The SMILES string of the molecule is Cc1ccccc1C1CC(c2csc(C3CCN(C(=O)Cn4cc(C(F)(F)F)cc(C#N)c4=O)CC3)n2)=NO1. The largest absolute Gasteiger partial charge is 0.417 e. The summed E-state index contributed by atoms with van der Waals surface area (Å²) < 4.78 is 40.2. The third-order valence-corrected chi connectivity index (χ3v) is 8.07. The maximum Gasteiger partial charge on any atom is 0.417 e. The van der Waals surface area contributed by atoms with Gasteiger partial charge in [0.05, 0.1) is 16.3 Å². The van der Waals surface area contributed by atoms with Crippen LogP contribution in [0.1, 0.15) is 64.2 Å². The smallest absolute Gasteiger partial charge is 0.387 e. The van der Waals surface area contributed by atoms with Crippen LogP contribution < -0.4 is 5.56 Å². The molecule has 1 amide bonds. The molecule has 12 heteroatoms. The minimum Gasteiger partial charge on any atom is -0.387 e. The topological polar surface area (TPSA) is 101 Å². The van der Waals surface area contributed by atoms with E-state index < -0.39 is 35.3 Å². The highest BCUT2D eigenvalue weighted by molar-refractivity contribution is 7.10.